The lowest BCUT2D eigenvalue weighted by atomic mass is 10.1. The van der Waals surface area contributed by atoms with E-state index < -0.39 is 16.1 Å². The SMILES string of the molecule is O=C(NCCCN1CCOCC1)[C@H](Cc1ccccc1)NS(=O)(=O)c1ccccc1. The molecule has 2 aromatic carbocycles. The van der Waals surface area contributed by atoms with E-state index in [2.05, 4.69) is 14.9 Å². The molecule has 2 N–H and O–H groups in total. The van der Waals surface area contributed by atoms with Crippen molar-refractivity contribution in [2.75, 3.05) is 39.4 Å². The summed E-state index contributed by atoms with van der Waals surface area (Å²) in [5.74, 6) is -0.319. The van der Waals surface area contributed by atoms with Crippen LogP contribution in [0.25, 0.3) is 0 Å². The van der Waals surface area contributed by atoms with Crippen molar-refractivity contribution >= 4 is 15.9 Å². The van der Waals surface area contributed by atoms with Crippen molar-refractivity contribution < 1.29 is 17.9 Å². The number of sulfonamides is 1. The fourth-order valence-electron chi connectivity index (χ4n) is 3.35. The minimum Gasteiger partial charge on any atom is -0.379 e. The first-order chi connectivity index (χ1) is 14.5. The van der Waals surface area contributed by atoms with Gasteiger partial charge in [-0.1, -0.05) is 48.5 Å². The number of rotatable bonds is 10. The molecule has 0 radical (unpaired) electrons. The molecule has 8 heteroatoms. The average molecular weight is 432 g/mol. The summed E-state index contributed by atoms with van der Waals surface area (Å²) < 4.78 is 33.4. The Kier molecular flexibility index (Phi) is 8.39. The molecule has 2 aromatic rings. The van der Waals surface area contributed by atoms with E-state index in [4.69, 9.17) is 4.74 Å². The number of benzene rings is 2. The Balaban J connectivity index is 1.60. The molecule has 1 aliphatic heterocycles. The summed E-state index contributed by atoms with van der Waals surface area (Å²) in [6, 6.07) is 16.6. The fourth-order valence-corrected chi connectivity index (χ4v) is 4.57. The van der Waals surface area contributed by atoms with E-state index in [1.165, 1.54) is 12.1 Å². The van der Waals surface area contributed by atoms with Crippen LogP contribution >= 0.6 is 0 Å². The fraction of sp³-hybridized carbons (Fsp3) is 0.409. The average Bonchev–Trinajstić information content (AvgIpc) is 2.78. The molecule has 1 aliphatic rings. The van der Waals surface area contributed by atoms with Gasteiger partial charge in [-0.2, -0.15) is 4.72 Å². The number of ether oxygens (including phenoxy) is 1. The molecule has 3 rings (SSSR count). The summed E-state index contributed by atoms with van der Waals surface area (Å²) >= 11 is 0. The highest BCUT2D eigenvalue weighted by molar-refractivity contribution is 7.89. The maximum Gasteiger partial charge on any atom is 0.241 e. The first kappa shape index (κ1) is 22.4. The second-order valence-electron chi connectivity index (χ2n) is 7.28. The van der Waals surface area contributed by atoms with Crippen LogP contribution in [-0.2, 0) is 26.0 Å². The lowest BCUT2D eigenvalue weighted by Crippen LogP contribution is -2.48. The molecule has 0 aromatic heterocycles. The zero-order chi connectivity index (χ0) is 21.2. The number of amides is 1. The Hall–Kier alpha value is -2.26. The van der Waals surface area contributed by atoms with E-state index >= 15 is 0 Å². The van der Waals surface area contributed by atoms with Gasteiger partial charge >= 0.3 is 0 Å². The summed E-state index contributed by atoms with van der Waals surface area (Å²) in [5.41, 5.74) is 0.890. The Labute approximate surface area is 178 Å². The second kappa shape index (κ2) is 11.2. The predicted molar refractivity (Wildman–Crippen MR) is 116 cm³/mol. The highest BCUT2D eigenvalue weighted by Gasteiger charge is 2.25. The molecule has 1 fully saturated rings. The first-order valence-corrected chi connectivity index (χ1v) is 11.7. The van der Waals surface area contributed by atoms with Crippen molar-refractivity contribution in [3.8, 4) is 0 Å². The van der Waals surface area contributed by atoms with Gasteiger partial charge in [0.25, 0.3) is 0 Å². The number of morpholine rings is 1. The normalized spacial score (nSPS) is 16.1. The molecular weight excluding hydrogens is 402 g/mol. The van der Waals surface area contributed by atoms with Gasteiger partial charge < -0.3 is 10.1 Å². The van der Waals surface area contributed by atoms with E-state index in [9.17, 15) is 13.2 Å². The van der Waals surface area contributed by atoms with Crippen LogP contribution in [0.4, 0.5) is 0 Å². The van der Waals surface area contributed by atoms with E-state index in [1.807, 2.05) is 30.3 Å². The molecule has 162 valence electrons. The van der Waals surface area contributed by atoms with Crippen LogP contribution in [0.15, 0.2) is 65.6 Å². The van der Waals surface area contributed by atoms with Gasteiger partial charge in [0.1, 0.15) is 6.04 Å². The summed E-state index contributed by atoms with van der Waals surface area (Å²) in [7, 11) is -3.81. The van der Waals surface area contributed by atoms with Gasteiger partial charge in [-0.05, 0) is 37.1 Å². The van der Waals surface area contributed by atoms with Gasteiger partial charge in [0.15, 0.2) is 0 Å². The number of carbonyl (C=O) groups excluding carboxylic acids is 1. The van der Waals surface area contributed by atoms with Crippen LogP contribution in [0.5, 0.6) is 0 Å². The van der Waals surface area contributed by atoms with E-state index in [0.29, 0.717) is 6.54 Å². The van der Waals surface area contributed by atoms with Gasteiger partial charge in [0, 0.05) is 19.6 Å². The van der Waals surface area contributed by atoms with E-state index in [-0.39, 0.29) is 17.2 Å². The minimum atomic E-state index is -3.81. The maximum absolute atomic E-state index is 12.8. The molecule has 1 amide bonds. The molecule has 1 heterocycles. The molecular formula is C22H29N3O4S. The standard InChI is InChI=1S/C22H29N3O4S/c26-22(23-12-7-13-25-14-16-29-17-15-25)21(18-19-8-3-1-4-9-19)24-30(27,28)20-10-5-2-6-11-20/h1-6,8-11,21,24H,7,12-18H2,(H,23,26)/t21-/m0/s1. The van der Waals surface area contributed by atoms with Crippen molar-refractivity contribution in [2.45, 2.75) is 23.8 Å². The molecule has 0 aliphatic carbocycles. The molecule has 0 bridgehead atoms. The molecule has 30 heavy (non-hydrogen) atoms. The number of carbonyl (C=O) groups is 1. The van der Waals surface area contributed by atoms with Crippen molar-refractivity contribution in [1.29, 1.82) is 0 Å². The number of hydrogen-bond donors (Lipinski definition) is 2. The Bertz CT molecular complexity index is 885. The van der Waals surface area contributed by atoms with Crippen molar-refractivity contribution in [3.63, 3.8) is 0 Å². The Morgan fingerprint density at radius 2 is 1.63 bits per heavy atom. The highest BCUT2D eigenvalue weighted by Crippen LogP contribution is 2.11. The zero-order valence-electron chi connectivity index (χ0n) is 17.0. The number of hydrogen-bond acceptors (Lipinski definition) is 5. The molecule has 0 unspecified atom stereocenters. The van der Waals surface area contributed by atoms with Crippen LogP contribution in [0.2, 0.25) is 0 Å². The van der Waals surface area contributed by atoms with Gasteiger partial charge in [0.05, 0.1) is 18.1 Å². The zero-order valence-corrected chi connectivity index (χ0v) is 17.8. The quantitative estimate of drug-likeness (QED) is 0.556. The van der Waals surface area contributed by atoms with E-state index in [1.54, 1.807) is 18.2 Å². The third kappa shape index (κ3) is 6.91. The summed E-state index contributed by atoms with van der Waals surface area (Å²) in [6.45, 7) is 4.67. The monoisotopic (exact) mass is 431 g/mol. The van der Waals surface area contributed by atoms with Crippen molar-refractivity contribution in [2.24, 2.45) is 0 Å². The molecule has 0 saturated carbocycles. The van der Waals surface area contributed by atoms with Gasteiger partial charge in [-0.3, -0.25) is 9.69 Å². The smallest absolute Gasteiger partial charge is 0.241 e. The van der Waals surface area contributed by atoms with Crippen LogP contribution in [0.3, 0.4) is 0 Å². The molecule has 1 atom stereocenters. The van der Waals surface area contributed by atoms with Crippen LogP contribution in [-0.4, -0.2) is 64.7 Å². The minimum absolute atomic E-state index is 0.142. The van der Waals surface area contributed by atoms with Crippen LogP contribution in [0.1, 0.15) is 12.0 Å². The number of nitrogens with one attached hydrogen (secondary N) is 2. The predicted octanol–water partition coefficient (Wildman–Crippen LogP) is 1.41. The lowest BCUT2D eigenvalue weighted by molar-refractivity contribution is -0.122. The van der Waals surface area contributed by atoms with Crippen LogP contribution < -0.4 is 10.0 Å². The third-order valence-corrected chi connectivity index (χ3v) is 6.49. The second-order valence-corrected chi connectivity index (χ2v) is 8.99. The topological polar surface area (TPSA) is 87.7 Å². The summed E-state index contributed by atoms with van der Waals surface area (Å²) in [5, 5.41) is 2.89. The highest BCUT2D eigenvalue weighted by atomic mass is 32.2. The van der Waals surface area contributed by atoms with Crippen LogP contribution in [0, 0.1) is 0 Å². The van der Waals surface area contributed by atoms with Crippen molar-refractivity contribution in [3.05, 3.63) is 66.2 Å². The Morgan fingerprint density at radius 1 is 1.00 bits per heavy atom. The number of nitrogens with zero attached hydrogens (tertiary/aromatic N) is 1. The van der Waals surface area contributed by atoms with Gasteiger partial charge in [-0.15, -0.1) is 0 Å². The third-order valence-electron chi connectivity index (χ3n) is 5.00. The molecule has 0 spiro atoms. The van der Waals surface area contributed by atoms with Crippen molar-refractivity contribution in [1.82, 2.24) is 14.9 Å². The largest absolute Gasteiger partial charge is 0.379 e. The Morgan fingerprint density at radius 3 is 2.30 bits per heavy atom. The van der Waals surface area contributed by atoms with Gasteiger partial charge in [-0.25, -0.2) is 8.42 Å². The van der Waals surface area contributed by atoms with E-state index in [0.717, 1.165) is 44.8 Å². The van der Waals surface area contributed by atoms with Gasteiger partial charge in [0.2, 0.25) is 15.9 Å². The first-order valence-electron chi connectivity index (χ1n) is 10.2. The molecule has 7 nitrogen and oxygen atoms in total. The lowest BCUT2D eigenvalue weighted by Gasteiger charge is -2.26. The summed E-state index contributed by atoms with van der Waals surface area (Å²) in [4.78, 5) is 15.3. The molecule has 1 saturated heterocycles. The summed E-state index contributed by atoms with van der Waals surface area (Å²) in [6.07, 6.45) is 1.08. The maximum atomic E-state index is 12.8.